The van der Waals surface area contributed by atoms with E-state index in [1.54, 1.807) is 37.5 Å². The molecule has 0 fully saturated rings. The highest BCUT2D eigenvalue weighted by Gasteiger charge is 2.15. The second kappa shape index (κ2) is 9.76. The lowest BCUT2D eigenvalue weighted by Gasteiger charge is -2.15. The zero-order valence-corrected chi connectivity index (χ0v) is 18.1. The maximum Gasteiger partial charge on any atom is 0.260 e. The lowest BCUT2D eigenvalue weighted by atomic mass is 10.2. The molecule has 3 aromatic rings. The van der Waals surface area contributed by atoms with Gasteiger partial charge in [0.05, 0.1) is 12.8 Å². The summed E-state index contributed by atoms with van der Waals surface area (Å²) >= 11 is 7.60. The first-order chi connectivity index (χ1) is 14.0. The lowest BCUT2D eigenvalue weighted by Crippen LogP contribution is -2.37. The summed E-state index contributed by atoms with van der Waals surface area (Å²) in [6.45, 7) is 4.12. The summed E-state index contributed by atoms with van der Waals surface area (Å²) in [6.07, 6.45) is 0.0615. The molecule has 0 saturated heterocycles. The third-order valence-electron chi connectivity index (χ3n) is 4.38. The van der Waals surface area contributed by atoms with Crippen LogP contribution >= 0.6 is 22.9 Å². The molecular weight excluding hydrogens is 408 g/mol. The molecule has 0 aliphatic heterocycles. The number of benzene rings is 2. The molecular formula is C22H23ClN2O3S. The molecule has 1 N–H and O–H groups in total. The van der Waals surface area contributed by atoms with Crippen LogP contribution in [0.15, 0.2) is 47.8 Å². The van der Waals surface area contributed by atoms with Crippen molar-refractivity contribution in [2.45, 2.75) is 26.4 Å². The van der Waals surface area contributed by atoms with Crippen LogP contribution in [0.1, 0.15) is 18.2 Å². The first-order valence-electron chi connectivity index (χ1n) is 9.25. The Balaban J connectivity index is 1.48. The Hall–Kier alpha value is -2.57. The fraction of sp³-hybridized carbons (Fsp3) is 0.273. The number of nitrogens with zero attached hydrogens (tertiary/aromatic N) is 1. The van der Waals surface area contributed by atoms with Gasteiger partial charge in [-0.1, -0.05) is 11.6 Å². The van der Waals surface area contributed by atoms with Crippen LogP contribution in [0.2, 0.25) is 5.02 Å². The van der Waals surface area contributed by atoms with Crippen molar-refractivity contribution < 1.29 is 14.3 Å². The van der Waals surface area contributed by atoms with Crippen molar-refractivity contribution in [3.63, 3.8) is 0 Å². The number of methoxy groups -OCH3 is 1. The number of ether oxygens (including phenoxy) is 2. The van der Waals surface area contributed by atoms with Gasteiger partial charge in [-0.3, -0.25) is 4.79 Å². The maximum absolute atomic E-state index is 12.3. The molecule has 152 valence electrons. The van der Waals surface area contributed by atoms with Gasteiger partial charge < -0.3 is 14.8 Å². The Kier molecular flexibility index (Phi) is 7.12. The summed E-state index contributed by atoms with van der Waals surface area (Å²) in [4.78, 5) is 16.9. The van der Waals surface area contributed by atoms with E-state index in [1.807, 2.05) is 42.6 Å². The first-order valence-corrected chi connectivity index (χ1v) is 10.5. The van der Waals surface area contributed by atoms with Crippen molar-refractivity contribution in [2.24, 2.45) is 0 Å². The third kappa shape index (κ3) is 5.71. The highest BCUT2D eigenvalue weighted by molar-refractivity contribution is 7.13. The van der Waals surface area contributed by atoms with Crippen LogP contribution in [0, 0.1) is 6.92 Å². The van der Waals surface area contributed by atoms with E-state index in [9.17, 15) is 4.79 Å². The molecule has 7 heteroatoms. The summed E-state index contributed by atoms with van der Waals surface area (Å²) in [7, 11) is 1.65. The number of aromatic nitrogens is 1. The van der Waals surface area contributed by atoms with E-state index in [0.29, 0.717) is 23.7 Å². The Labute approximate surface area is 179 Å². The van der Waals surface area contributed by atoms with E-state index in [4.69, 9.17) is 21.1 Å². The highest BCUT2D eigenvalue weighted by atomic mass is 35.5. The molecule has 1 amide bonds. The molecule has 0 radical (unpaired) electrons. The van der Waals surface area contributed by atoms with Crippen molar-refractivity contribution >= 4 is 28.8 Å². The van der Waals surface area contributed by atoms with Gasteiger partial charge in [0.25, 0.3) is 5.91 Å². The van der Waals surface area contributed by atoms with Crippen LogP contribution in [-0.2, 0) is 11.2 Å². The van der Waals surface area contributed by atoms with E-state index in [0.717, 1.165) is 27.6 Å². The monoisotopic (exact) mass is 430 g/mol. The zero-order chi connectivity index (χ0) is 20.8. The molecule has 0 aliphatic rings. The van der Waals surface area contributed by atoms with Gasteiger partial charge in [-0.15, -0.1) is 11.3 Å². The number of thiazole rings is 1. The van der Waals surface area contributed by atoms with E-state index in [2.05, 4.69) is 10.3 Å². The van der Waals surface area contributed by atoms with E-state index >= 15 is 0 Å². The summed E-state index contributed by atoms with van der Waals surface area (Å²) in [6, 6.07) is 13.2. The van der Waals surface area contributed by atoms with Crippen molar-refractivity contribution in [1.82, 2.24) is 10.3 Å². The van der Waals surface area contributed by atoms with Crippen LogP contribution in [-0.4, -0.2) is 30.6 Å². The molecule has 0 bridgehead atoms. The smallest absolute Gasteiger partial charge is 0.260 e. The quantitative estimate of drug-likeness (QED) is 0.551. The topological polar surface area (TPSA) is 60.5 Å². The summed E-state index contributed by atoms with van der Waals surface area (Å²) in [5.74, 6) is 1.28. The molecule has 1 aromatic heterocycles. The van der Waals surface area contributed by atoms with Gasteiger partial charge in [0.2, 0.25) is 0 Å². The summed E-state index contributed by atoms with van der Waals surface area (Å²) in [5.41, 5.74) is 2.90. The van der Waals surface area contributed by atoms with Gasteiger partial charge in [-0.2, -0.15) is 0 Å². The van der Waals surface area contributed by atoms with Crippen LogP contribution in [0.5, 0.6) is 11.5 Å². The molecule has 3 rings (SSSR count). The number of nitrogens with one attached hydrogen (secondary N) is 1. The van der Waals surface area contributed by atoms with Crippen LogP contribution in [0.4, 0.5) is 0 Å². The van der Waals surface area contributed by atoms with Gasteiger partial charge in [0, 0.05) is 28.9 Å². The van der Waals surface area contributed by atoms with Crippen molar-refractivity contribution in [3.05, 3.63) is 64.1 Å². The molecule has 2 aromatic carbocycles. The average Bonchev–Trinajstić information content (AvgIpc) is 3.19. The number of hydrogen-bond acceptors (Lipinski definition) is 5. The van der Waals surface area contributed by atoms with E-state index in [-0.39, 0.29) is 5.91 Å². The second-order valence-corrected chi connectivity index (χ2v) is 7.85. The average molecular weight is 431 g/mol. The Morgan fingerprint density at radius 1 is 1.21 bits per heavy atom. The lowest BCUT2D eigenvalue weighted by molar-refractivity contribution is -0.127. The third-order valence-corrected chi connectivity index (χ3v) is 5.74. The minimum atomic E-state index is -0.596. The molecule has 29 heavy (non-hydrogen) atoms. The molecule has 1 heterocycles. The molecule has 0 spiro atoms. The fourth-order valence-corrected chi connectivity index (χ4v) is 3.67. The predicted molar refractivity (Wildman–Crippen MR) is 117 cm³/mol. The molecule has 5 nitrogen and oxygen atoms in total. The SMILES string of the molecule is COc1ccc(-c2nc(CCNC(=O)[C@@H](C)Oc3ccc(Cl)c(C)c3)cs2)cc1. The maximum atomic E-state index is 12.3. The van der Waals surface area contributed by atoms with Gasteiger partial charge >= 0.3 is 0 Å². The van der Waals surface area contributed by atoms with Crippen LogP contribution in [0.3, 0.4) is 0 Å². The summed E-state index contributed by atoms with van der Waals surface area (Å²) in [5, 5.41) is 6.54. The Morgan fingerprint density at radius 2 is 1.93 bits per heavy atom. The number of aryl methyl sites for hydroxylation is 1. The second-order valence-electron chi connectivity index (χ2n) is 6.58. The molecule has 0 unspecified atom stereocenters. The molecule has 0 aliphatic carbocycles. The normalized spacial score (nSPS) is 11.7. The predicted octanol–water partition coefficient (Wildman–Crippen LogP) is 4.91. The van der Waals surface area contributed by atoms with Gasteiger partial charge in [0.1, 0.15) is 16.5 Å². The first kappa shape index (κ1) is 21.1. The largest absolute Gasteiger partial charge is 0.497 e. The summed E-state index contributed by atoms with van der Waals surface area (Å²) < 4.78 is 10.9. The van der Waals surface area contributed by atoms with Crippen molar-refractivity contribution in [1.29, 1.82) is 0 Å². The number of halogens is 1. The number of hydrogen-bond donors (Lipinski definition) is 1. The Morgan fingerprint density at radius 3 is 2.62 bits per heavy atom. The Bertz CT molecular complexity index is 972. The minimum absolute atomic E-state index is 0.164. The van der Waals surface area contributed by atoms with Gasteiger partial charge in [-0.25, -0.2) is 4.98 Å². The van der Waals surface area contributed by atoms with Crippen molar-refractivity contribution in [2.75, 3.05) is 13.7 Å². The number of rotatable bonds is 8. The number of carbonyl (C=O) groups is 1. The minimum Gasteiger partial charge on any atom is -0.497 e. The molecule has 1 atom stereocenters. The molecule has 0 saturated carbocycles. The highest BCUT2D eigenvalue weighted by Crippen LogP contribution is 2.26. The zero-order valence-electron chi connectivity index (χ0n) is 16.6. The number of carbonyl (C=O) groups excluding carboxylic acids is 1. The van der Waals surface area contributed by atoms with Gasteiger partial charge in [-0.05, 0) is 61.9 Å². The van der Waals surface area contributed by atoms with E-state index < -0.39 is 6.10 Å². The van der Waals surface area contributed by atoms with Gasteiger partial charge in [0.15, 0.2) is 6.10 Å². The van der Waals surface area contributed by atoms with Crippen LogP contribution in [0.25, 0.3) is 10.6 Å². The number of amides is 1. The fourth-order valence-electron chi connectivity index (χ4n) is 2.69. The van der Waals surface area contributed by atoms with E-state index in [1.165, 1.54) is 0 Å². The van der Waals surface area contributed by atoms with Crippen molar-refractivity contribution in [3.8, 4) is 22.1 Å². The van der Waals surface area contributed by atoms with Crippen LogP contribution < -0.4 is 14.8 Å². The standard InChI is InChI=1S/C22H23ClN2O3S/c1-14-12-19(8-9-20(14)23)28-15(2)21(26)24-11-10-17-13-29-22(25-17)16-4-6-18(27-3)7-5-16/h4-9,12-13,15H,10-11H2,1-3H3,(H,24,26)/t15-/m1/s1.